The van der Waals surface area contributed by atoms with Crippen LogP contribution in [-0.4, -0.2) is 39.5 Å². The average molecular weight is 407 g/mol. The number of H-pyrrole nitrogens is 1. The first-order valence-corrected chi connectivity index (χ1v) is 9.90. The molecule has 2 fully saturated rings. The minimum atomic E-state index is -0.543. The third kappa shape index (κ3) is 3.96. The standard InChI is InChI=1S/C19H20Cl2N4O2/c20-12-6-7-14(13(21)9-12)22-18(26)17-3-1-2-8-25(17)19(27)16-10-15(23-24-16)11-4-5-11/h6-7,9-11,17H,1-5,8H2,(H,22,26)(H,23,24). The van der Waals surface area contributed by atoms with Crippen molar-refractivity contribution < 1.29 is 9.59 Å². The number of rotatable bonds is 4. The summed E-state index contributed by atoms with van der Waals surface area (Å²) in [6.45, 7) is 0.539. The van der Waals surface area contributed by atoms with Gasteiger partial charge in [-0.25, -0.2) is 0 Å². The molecule has 1 saturated heterocycles. The number of hydrogen-bond donors (Lipinski definition) is 2. The van der Waals surface area contributed by atoms with Gasteiger partial charge in [0.05, 0.1) is 10.7 Å². The second-order valence-corrected chi connectivity index (χ2v) is 7.95. The predicted octanol–water partition coefficient (Wildman–Crippen LogP) is 4.23. The summed E-state index contributed by atoms with van der Waals surface area (Å²) in [5, 5.41) is 10.8. The molecule has 1 atom stereocenters. The minimum Gasteiger partial charge on any atom is -0.325 e. The van der Waals surface area contributed by atoms with Crippen molar-refractivity contribution in [2.45, 2.75) is 44.1 Å². The number of piperidine rings is 1. The van der Waals surface area contributed by atoms with E-state index in [1.807, 2.05) is 6.07 Å². The van der Waals surface area contributed by atoms with Crippen LogP contribution in [0.3, 0.4) is 0 Å². The first-order valence-electron chi connectivity index (χ1n) is 9.15. The Labute approximate surface area is 167 Å². The van der Waals surface area contributed by atoms with Crippen LogP contribution in [0.2, 0.25) is 10.0 Å². The SMILES string of the molecule is O=C(Nc1ccc(Cl)cc1Cl)C1CCCCN1C(=O)c1cc(C2CC2)[nH]n1. The summed E-state index contributed by atoms with van der Waals surface area (Å²) in [4.78, 5) is 27.4. The summed E-state index contributed by atoms with van der Waals surface area (Å²) in [6, 6.07) is 6.17. The van der Waals surface area contributed by atoms with Crippen LogP contribution in [0.5, 0.6) is 0 Å². The lowest BCUT2D eigenvalue weighted by Crippen LogP contribution is -2.50. The van der Waals surface area contributed by atoms with Gasteiger partial charge in [0.2, 0.25) is 5.91 Å². The van der Waals surface area contributed by atoms with Crippen LogP contribution >= 0.6 is 23.2 Å². The molecule has 1 unspecified atom stereocenters. The Hall–Kier alpha value is -2.05. The molecule has 1 aromatic carbocycles. The monoisotopic (exact) mass is 406 g/mol. The van der Waals surface area contributed by atoms with E-state index >= 15 is 0 Å². The van der Waals surface area contributed by atoms with Crippen molar-refractivity contribution in [2.75, 3.05) is 11.9 Å². The molecule has 2 amide bonds. The molecule has 1 aliphatic heterocycles. The van der Waals surface area contributed by atoms with E-state index in [1.54, 1.807) is 23.1 Å². The van der Waals surface area contributed by atoms with Crippen molar-refractivity contribution in [3.63, 3.8) is 0 Å². The number of amides is 2. The lowest BCUT2D eigenvalue weighted by Gasteiger charge is -2.34. The Kier molecular flexibility index (Phi) is 5.10. The fourth-order valence-electron chi connectivity index (χ4n) is 3.45. The maximum atomic E-state index is 13.0. The lowest BCUT2D eigenvalue weighted by atomic mass is 10.0. The quantitative estimate of drug-likeness (QED) is 0.797. The Morgan fingerprint density at radius 3 is 2.70 bits per heavy atom. The van der Waals surface area contributed by atoms with Crippen molar-refractivity contribution in [1.82, 2.24) is 15.1 Å². The molecule has 1 aliphatic carbocycles. The van der Waals surface area contributed by atoms with Gasteiger partial charge in [-0.05, 0) is 56.4 Å². The fourth-order valence-corrected chi connectivity index (χ4v) is 3.91. The smallest absolute Gasteiger partial charge is 0.275 e. The molecule has 27 heavy (non-hydrogen) atoms. The van der Waals surface area contributed by atoms with Crippen molar-refractivity contribution >= 4 is 40.7 Å². The van der Waals surface area contributed by atoms with E-state index in [9.17, 15) is 9.59 Å². The predicted molar refractivity (Wildman–Crippen MR) is 104 cm³/mol. The van der Waals surface area contributed by atoms with Crippen LogP contribution in [0.1, 0.15) is 54.2 Å². The number of halogens is 2. The van der Waals surface area contributed by atoms with Gasteiger partial charge in [-0.3, -0.25) is 14.7 Å². The van der Waals surface area contributed by atoms with Crippen LogP contribution < -0.4 is 5.32 Å². The molecule has 142 valence electrons. The number of benzene rings is 1. The number of likely N-dealkylation sites (tertiary alicyclic amines) is 1. The van der Waals surface area contributed by atoms with E-state index in [2.05, 4.69) is 15.5 Å². The Bertz CT molecular complexity index is 878. The molecular weight excluding hydrogens is 387 g/mol. The summed E-state index contributed by atoms with van der Waals surface area (Å²) in [5.74, 6) is 0.0389. The van der Waals surface area contributed by atoms with Crippen LogP contribution in [-0.2, 0) is 4.79 Å². The summed E-state index contributed by atoms with van der Waals surface area (Å²) < 4.78 is 0. The van der Waals surface area contributed by atoms with Gasteiger partial charge < -0.3 is 10.2 Å². The van der Waals surface area contributed by atoms with Gasteiger partial charge in [-0.1, -0.05) is 23.2 Å². The Morgan fingerprint density at radius 2 is 1.96 bits per heavy atom. The zero-order valence-electron chi connectivity index (χ0n) is 14.7. The molecule has 4 rings (SSSR count). The molecule has 0 spiro atoms. The lowest BCUT2D eigenvalue weighted by molar-refractivity contribution is -0.121. The van der Waals surface area contributed by atoms with E-state index in [1.165, 1.54) is 0 Å². The maximum absolute atomic E-state index is 13.0. The van der Waals surface area contributed by atoms with E-state index in [0.29, 0.717) is 40.3 Å². The number of carbonyl (C=O) groups is 2. The largest absolute Gasteiger partial charge is 0.325 e. The minimum absolute atomic E-state index is 0.208. The van der Waals surface area contributed by atoms with Crippen LogP contribution in [0.15, 0.2) is 24.3 Å². The summed E-state index contributed by atoms with van der Waals surface area (Å²) in [7, 11) is 0. The van der Waals surface area contributed by atoms with Crippen LogP contribution in [0, 0.1) is 0 Å². The summed E-state index contributed by atoms with van der Waals surface area (Å²) in [5.41, 5.74) is 1.87. The number of aromatic nitrogens is 2. The summed E-state index contributed by atoms with van der Waals surface area (Å²) >= 11 is 12.1. The highest BCUT2D eigenvalue weighted by Crippen LogP contribution is 2.39. The molecule has 2 aromatic rings. The van der Waals surface area contributed by atoms with Crippen molar-refractivity contribution in [3.8, 4) is 0 Å². The van der Waals surface area contributed by atoms with Gasteiger partial charge in [0.25, 0.3) is 5.91 Å². The Balaban J connectivity index is 1.50. The topological polar surface area (TPSA) is 78.1 Å². The highest BCUT2D eigenvalue weighted by atomic mass is 35.5. The number of nitrogens with one attached hydrogen (secondary N) is 2. The molecule has 8 heteroatoms. The zero-order chi connectivity index (χ0) is 19.0. The van der Waals surface area contributed by atoms with Crippen molar-refractivity contribution in [2.24, 2.45) is 0 Å². The first-order chi connectivity index (χ1) is 13.0. The van der Waals surface area contributed by atoms with E-state index in [0.717, 1.165) is 31.4 Å². The van der Waals surface area contributed by atoms with Crippen molar-refractivity contribution in [3.05, 3.63) is 45.7 Å². The summed E-state index contributed by atoms with van der Waals surface area (Å²) in [6.07, 6.45) is 4.64. The number of aromatic amines is 1. The molecule has 1 saturated carbocycles. The Morgan fingerprint density at radius 1 is 1.15 bits per heavy atom. The van der Waals surface area contributed by atoms with Gasteiger partial charge >= 0.3 is 0 Å². The normalized spacial score (nSPS) is 19.8. The van der Waals surface area contributed by atoms with Gasteiger partial charge in [0, 0.05) is 23.2 Å². The average Bonchev–Trinajstić information content (AvgIpc) is 3.40. The number of carbonyl (C=O) groups excluding carboxylic acids is 2. The van der Waals surface area contributed by atoms with Gasteiger partial charge in [0.1, 0.15) is 11.7 Å². The second-order valence-electron chi connectivity index (χ2n) is 7.11. The number of nitrogens with zero attached hydrogens (tertiary/aromatic N) is 2. The third-order valence-corrected chi connectivity index (χ3v) is 5.64. The molecule has 2 N–H and O–H groups in total. The zero-order valence-corrected chi connectivity index (χ0v) is 16.2. The van der Waals surface area contributed by atoms with E-state index < -0.39 is 6.04 Å². The molecule has 6 nitrogen and oxygen atoms in total. The van der Waals surface area contributed by atoms with Gasteiger partial charge in [0.15, 0.2) is 0 Å². The maximum Gasteiger partial charge on any atom is 0.275 e. The first kappa shape index (κ1) is 18.3. The fraction of sp³-hybridized carbons (Fsp3) is 0.421. The molecule has 0 radical (unpaired) electrons. The van der Waals surface area contributed by atoms with Gasteiger partial charge in [-0.2, -0.15) is 5.10 Å². The second kappa shape index (κ2) is 7.52. The molecule has 0 bridgehead atoms. The number of hydrogen-bond acceptors (Lipinski definition) is 3. The molecular formula is C19H20Cl2N4O2. The highest BCUT2D eigenvalue weighted by molar-refractivity contribution is 6.36. The van der Waals surface area contributed by atoms with Crippen LogP contribution in [0.4, 0.5) is 5.69 Å². The molecule has 2 heterocycles. The molecule has 1 aromatic heterocycles. The third-order valence-electron chi connectivity index (χ3n) is 5.09. The van der Waals surface area contributed by atoms with E-state index in [-0.39, 0.29) is 11.8 Å². The highest BCUT2D eigenvalue weighted by Gasteiger charge is 2.35. The molecule has 2 aliphatic rings. The van der Waals surface area contributed by atoms with E-state index in [4.69, 9.17) is 23.2 Å². The van der Waals surface area contributed by atoms with Crippen LogP contribution in [0.25, 0.3) is 0 Å². The van der Waals surface area contributed by atoms with Gasteiger partial charge in [-0.15, -0.1) is 0 Å². The van der Waals surface area contributed by atoms with Crippen molar-refractivity contribution in [1.29, 1.82) is 0 Å². The number of anilines is 1.